The molecule has 0 saturated carbocycles. The van der Waals surface area contributed by atoms with Gasteiger partial charge in [0.1, 0.15) is 0 Å². The van der Waals surface area contributed by atoms with Crippen LogP contribution in [0.4, 0.5) is 0 Å². The Bertz CT molecular complexity index is 1500. The fraction of sp³-hybridized carbons (Fsp3) is 0.111. The Kier molecular flexibility index (Phi) is 7.26. The van der Waals surface area contributed by atoms with Crippen molar-refractivity contribution in [3.63, 3.8) is 0 Å². The monoisotopic (exact) mass is 492 g/mol. The highest BCUT2D eigenvalue weighted by Gasteiger charge is 2.25. The third-order valence-corrected chi connectivity index (χ3v) is 7.34. The summed E-state index contributed by atoms with van der Waals surface area (Å²) in [4.78, 5) is 0. The molecule has 0 aliphatic carbocycles. The lowest BCUT2D eigenvalue weighted by Gasteiger charge is -2.31. The minimum Gasteiger partial charge on any atom is -0.304 e. The molecule has 2 unspecified atom stereocenters. The van der Waals surface area contributed by atoms with Crippen molar-refractivity contribution in [2.75, 3.05) is 0 Å². The summed E-state index contributed by atoms with van der Waals surface area (Å²) in [6.07, 6.45) is 0. The van der Waals surface area contributed by atoms with E-state index >= 15 is 0 Å². The second kappa shape index (κ2) is 11.4. The molecule has 0 aromatic heterocycles. The highest BCUT2D eigenvalue weighted by molar-refractivity contribution is 5.84. The van der Waals surface area contributed by atoms with E-state index in [2.05, 4.69) is 156 Å². The van der Waals surface area contributed by atoms with Crippen molar-refractivity contribution in [3.8, 4) is 0 Å². The van der Waals surface area contributed by atoms with Crippen LogP contribution in [0.1, 0.15) is 34.3 Å². The molecule has 6 rings (SSSR count). The smallest absolute Gasteiger partial charge is 0.0521 e. The Morgan fingerprint density at radius 3 is 1.16 bits per heavy atom. The normalized spacial score (nSPS) is 12.9. The summed E-state index contributed by atoms with van der Waals surface area (Å²) >= 11 is 0. The van der Waals surface area contributed by atoms with Gasteiger partial charge in [0.2, 0.25) is 0 Å². The standard InChI is InChI=1S/C36H32N2/c1-3-11-27(12-4-1)25-37-35(33-21-19-29-15-7-9-17-31(29)23-33)36(38-26-28-13-5-2-6-14-28)34-22-20-30-16-8-10-18-32(30)24-34/h1-24,35-38H,25-26H2. The average Bonchev–Trinajstić information content (AvgIpc) is 2.99. The van der Waals surface area contributed by atoms with Crippen LogP contribution in [0.2, 0.25) is 0 Å². The fourth-order valence-electron chi connectivity index (χ4n) is 5.31. The highest BCUT2D eigenvalue weighted by Crippen LogP contribution is 2.33. The van der Waals surface area contributed by atoms with Crippen LogP contribution in [0.25, 0.3) is 21.5 Å². The second-order valence-electron chi connectivity index (χ2n) is 9.90. The largest absolute Gasteiger partial charge is 0.304 e. The molecule has 0 aliphatic rings. The molecule has 2 atom stereocenters. The Hall–Kier alpha value is -4.24. The lowest BCUT2D eigenvalue weighted by Crippen LogP contribution is -2.35. The van der Waals surface area contributed by atoms with Crippen molar-refractivity contribution >= 4 is 21.5 Å². The van der Waals surface area contributed by atoms with Gasteiger partial charge in [0.05, 0.1) is 12.1 Å². The second-order valence-corrected chi connectivity index (χ2v) is 9.90. The van der Waals surface area contributed by atoms with Gasteiger partial charge in [0, 0.05) is 13.1 Å². The van der Waals surface area contributed by atoms with Gasteiger partial charge in [-0.1, -0.05) is 133 Å². The van der Waals surface area contributed by atoms with Crippen molar-refractivity contribution in [3.05, 3.63) is 168 Å². The topological polar surface area (TPSA) is 24.1 Å². The summed E-state index contributed by atoms with van der Waals surface area (Å²) in [5.74, 6) is 0. The molecular formula is C36H32N2. The molecule has 38 heavy (non-hydrogen) atoms. The fourth-order valence-corrected chi connectivity index (χ4v) is 5.31. The molecule has 0 spiro atoms. The van der Waals surface area contributed by atoms with Crippen molar-refractivity contribution in [2.45, 2.75) is 25.2 Å². The van der Waals surface area contributed by atoms with Gasteiger partial charge < -0.3 is 10.6 Å². The number of benzene rings is 6. The minimum atomic E-state index is 0.0599. The minimum absolute atomic E-state index is 0.0599. The molecule has 0 heterocycles. The van der Waals surface area contributed by atoms with Crippen LogP contribution in [0.5, 0.6) is 0 Å². The van der Waals surface area contributed by atoms with Gasteiger partial charge in [-0.3, -0.25) is 0 Å². The molecule has 2 nitrogen and oxygen atoms in total. The summed E-state index contributed by atoms with van der Waals surface area (Å²) in [6.45, 7) is 1.57. The molecule has 0 saturated heterocycles. The molecule has 0 fully saturated rings. The summed E-state index contributed by atoms with van der Waals surface area (Å²) in [5.41, 5.74) is 5.11. The predicted molar refractivity (Wildman–Crippen MR) is 160 cm³/mol. The lowest BCUT2D eigenvalue weighted by atomic mass is 9.90. The molecular weight excluding hydrogens is 460 g/mol. The van der Waals surface area contributed by atoms with E-state index in [0.29, 0.717) is 0 Å². The molecule has 0 amide bonds. The van der Waals surface area contributed by atoms with E-state index in [1.54, 1.807) is 0 Å². The Morgan fingerprint density at radius 1 is 0.368 bits per heavy atom. The van der Waals surface area contributed by atoms with Crippen LogP contribution >= 0.6 is 0 Å². The van der Waals surface area contributed by atoms with E-state index in [-0.39, 0.29) is 12.1 Å². The zero-order valence-corrected chi connectivity index (χ0v) is 21.4. The first-order valence-electron chi connectivity index (χ1n) is 13.4. The third-order valence-electron chi connectivity index (χ3n) is 7.34. The van der Waals surface area contributed by atoms with Gasteiger partial charge in [-0.2, -0.15) is 0 Å². The highest BCUT2D eigenvalue weighted by atomic mass is 15.0. The number of rotatable bonds is 9. The van der Waals surface area contributed by atoms with Crippen LogP contribution in [-0.2, 0) is 13.1 Å². The van der Waals surface area contributed by atoms with Crippen molar-refractivity contribution in [2.24, 2.45) is 0 Å². The predicted octanol–water partition coefficient (Wildman–Crippen LogP) is 8.36. The van der Waals surface area contributed by atoms with E-state index in [4.69, 9.17) is 0 Å². The number of nitrogens with one attached hydrogen (secondary N) is 2. The zero-order chi connectivity index (χ0) is 25.6. The molecule has 2 heteroatoms. The van der Waals surface area contributed by atoms with E-state index in [1.807, 2.05) is 0 Å². The molecule has 0 aliphatic heterocycles. The van der Waals surface area contributed by atoms with E-state index in [1.165, 1.54) is 43.8 Å². The van der Waals surface area contributed by atoms with Crippen molar-refractivity contribution in [1.82, 2.24) is 10.6 Å². The van der Waals surface area contributed by atoms with Crippen molar-refractivity contribution in [1.29, 1.82) is 0 Å². The number of hydrogen-bond donors (Lipinski definition) is 2. The van der Waals surface area contributed by atoms with Gasteiger partial charge in [0.15, 0.2) is 0 Å². The number of fused-ring (bicyclic) bond motifs is 2. The number of hydrogen-bond acceptors (Lipinski definition) is 2. The maximum Gasteiger partial charge on any atom is 0.0521 e. The van der Waals surface area contributed by atoms with Gasteiger partial charge >= 0.3 is 0 Å². The Morgan fingerprint density at radius 2 is 0.737 bits per heavy atom. The Balaban J connectivity index is 1.43. The van der Waals surface area contributed by atoms with Gasteiger partial charge in [-0.05, 0) is 55.9 Å². The molecule has 186 valence electrons. The SMILES string of the molecule is c1ccc(CNC(c2ccc3ccccc3c2)C(NCc2ccccc2)c2ccc3ccccc3c2)cc1. The first-order chi connectivity index (χ1) is 18.8. The molecule has 6 aromatic carbocycles. The molecule has 0 bridgehead atoms. The molecule has 0 radical (unpaired) electrons. The quantitative estimate of drug-likeness (QED) is 0.212. The summed E-state index contributed by atoms with van der Waals surface area (Å²) < 4.78 is 0. The molecule has 2 N–H and O–H groups in total. The van der Waals surface area contributed by atoms with Crippen molar-refractivity contribution < 1.29 is 0 Å². The summed E-state index contributed by atoms with van der Waals surface area (Å²) in [7, 11) is 0. The third kappa shape index (κ3) is 5.52. The average molecular weight is 493 g/mol. The van der Waals surface area contributed by atoms with E-state index in [0.717, 1.165) is 13.1 Å². The maximum atomic E-state index is 3.94. The van der Waals surface area contributed by atoms with Gasteiger partial charge in [-0.25, -0.2) is 0 Å². The van der Waals surface area contributed by atoms with Crippen LogP contribution in [0.15, 0.2) is 146 Å². The zero-order valence-electron chi connectivity index (χ0n) is 21.4. The van der Waals surface area contributed by atoms with Gasteiger partial charge in [0.25, 0.3) is 0 Å². The summed E-state index contributed by atoms with van der Waals surface area (Å²) in [5, 5.41) is 12.9. The van der Waals surface area contributed by atoms with Crippen LogP contribution in [0.3, 0.4) is 0 Å². The maximum absolute atomic E-state index is 3.94. The van der Waals surface area contributed by atoms with Crippen LogP contribution in [0, 0.1) is 0 Å². The van der Waals surface area contributed by atoms with Crippen LogP contribution < -0.4 is 10.6 Å². The molecule has 6 aromatic rings. The first-order valence-corrected chi connectivity index (χ1v) is 13.4. The summed E-state index contributed by atoms with van der Waals surface area (Å²) in [6, 6.07) is 52.4. The lowest BCUT2D eigenvalue weighted by molar-refractivity contribution is 0.381. The first kappa shape index (κ1) is 24.1. The van der Waals surface area contributed by atoms with Crippen LogP contribution in [-0.4, -0.2) is 0 Å². The van der Waals surface area contributed by atoms with E-state index < -0.39 is 0 Å². The van der Waals surface area contributed by atoms with Gasteiger partial charge in [-0.15, -0.1) is 0 Å². The Labute approximate surface area is 225 Å². The van der Waals surface area contributed by atoms with E-state index in [9.17, 15) is 0 Å².